The molecule has 0 radical (unpaired) electrons. The molecular formula is C42H62N6O18S2. The van der Waals surface area contributed by atoms with Gasteiger partial charge in [-0.25, -0.2) is 18.2 Å². The Morgan fingerprint density at radius 3 is 1.87 bits per heavy atom. The molecule has 2 aromatic heterocycles. The van der Waals surface area contributed by atoms with Crippen LogP contribution in [0.25, 0.3) is 11.0 Å². The topological polar surface area (TPSA) is 308 Å². The van der Waals surface area contributed by atoms with Crippen LogP contribution in [0, 0.1) is 6.92 Å². The number of aryl methyl sites for hydroxylation is 1. The van der Waals surface area contributed by atoms with Crippen LogP contribution in [0.5, 0.6) is 5.75 Å². The lowest BCUT2D eigenvalue weighted by Crippen LogP contribution is -2.32. The predicted molar refractivity (Wildman–Crippen MR) is 247 cm³/mol. The maximum absolute atomic E-state index is 12.7. The van der Waals surface area contributed by atoms with Crippen LogP contribution in [0.2, 0.25) is 0 Å². The van der Waals surface area contributed by atoms with Crippen LogP contribution in [-0.4, -0.2) is 173 Å². The van der Waals surface area contributed by atoms with E-state index in [4.69, 9.17) is 47.4 Å². The van der Waals surface area contributed by atoms with Gasteiger partial charge in [0.15, 0.2) is 17.6 Å². The number of carbonyl (C=O) groups excluding carboxylic acids is 4. The lowest BCUT2D eigenvalue weighted by Gasteiger charge is -2.15. The number of hydrogen-bond acceptors (Lipinski definition) is 19. The lowest BCUT2D eigenvalue weighted by molar-refractivity contribution is -0.138. The molecule has 26 heteroatoms. The largest absolute Gasteiger partial charge is 0.484 e. The van der Waals surface area contributed by atoms with E-state index >= 15 is 0 Å². The molecular weight excluding hydrogens is 941 g/mol. The number of nitrogens with zero attached hydrogens (tertiary/aromatic N) is 2. The molecule has 2 heterocycles. The summed E-state index contributed by atoms with van der Waals surface area (Å²) in [6, 6.07) is 6.08. The number of thiol groups is 1. The van der Waals surface area contributed by atoms with Crippen LogP contribution in [0.1, 0.15) is 47.8 Å². The highest BCUT2D eigenvalue weighted by molar-refractivity contribution is 7.74. The summed E-state index contributed by atoms with van der Waals surface area (Å²) in [4.78, 5) is 76.2. The van der Waals surface area contributed by atoms with E-state index in [-0.39, 0.29) is 97.9 Å². The minimum atomic E-state index is -3.05. The number of thiazole rings is 1. The van der Waals surface area contributed by atoms with E-state index in [0.717, 1.165) is 15.6 Å². The molecule has 380 valence electrons. The fourth-order valence-corrected chi connectivity index (χ4v) is 7.08. The van der Waals surface area contributed by atoms with Gasteiger partial charge in [0.25, 0.3) is 11.8 Å². The van der Waals surface area contributed by atoms with Crippen LogP contribution in [0.4, 0.5) is 10.9 Å². The molecule has 0 saturated heterocycles. The van der Waals surface area contributed by atoms with Gasteiger partial charge in [-0.1, -0.05) is 11.3 Å². The summed E-state index contributed by atoms with van der Waals surface area (Å²) in [6.07, 6.45) is 0.905. The Morgan fingerprint density at radius 1 is 0.721 bits per heavy atom. The summed E-state index contributed by atoms with van der Waals surface area (Å²) in [6.45, 7) is 7.97. The zero-order valence-electron chi connectivity index (χ0n) is 38.2. The zero-order chi connectivity index (χ0) is 49.4. The first kappa shape index (κ1) is 57.0. The fraction of sp³-hybridized carbons (Fsp3) is 0.595. The van der Waals surface area contributed by atoms with Gasteiger partial charge in [-0.15, -0.1) is 0 Å². The first-order chi connectivity index (χ1) is 32.8. The molecule has 0 aliphatic carbocycles. The monoisotopic (exact) mass is 1000 g/mol. The molecule has 3 rings (SSSR count). The van der Waals surface area contributed by atoms with Crippen LogP contribution < -0.4 is 35.9 Å². The Morgan fingerprint density at radius 2 is 1.28 bits per heavy atom. The number of fused-ring (bicyclic) bond motifs is 1. The number of aliphatic carboxylic acids is 1. The second-order valence-electron chi connectivity index (χ2n) is 14.2. The van der Waals surface area contributed by atoms with Crippen LogP contribution >= 0.6 is 11.3 Å². The number of nitrogens with one attached hydrogen (secondary N) is 4. The second kappa shape index (κ2) is 34.0. The van der Waals surface area contributed by atoms with Crippen molar-refractivity contribution < 1.29 is 79.8 Å². The molecule has 0 aliphatic rings. The van der Waals surface area contributed by atoms with Crippen molar-refractivity contribution in [1.82, 2.24) is 20.9 Å². The number of benzene rings is 1. The molecule has 0 saturated carbocycles. The Bertz CT molecular complexity index is 2140. The van der Waals surface area contributed by atoms with E-state index in [9.17, 15) is 37.2 Å². The first-order valence-electron chi connectivity index (χ1n) is 21.8. The lowest BCUT2D eigenvalue weighted by atomic mass is 10.1. The fourth-order valence-electron chi connectivity index (χ4n) is 5.53. The zero-order valence-corrected chi connectivity index (χ0v) is 39.9. The van der Waals surface area contributed by atoms with Gasteiger partial charge < -0.3 is 68.7 Å². The Hall–Kier alpha value is -5.32. The molecule has 0 unspecified atom stereocenters. The van der Waals surface area contributed by atoms with Gasteiger partial charge in [0, 0.05) is 69.1 Å². The number of rotatable bonds is 39. The summed E-state index contributed by atoms with van der Waals surface area (Å²) in [7, 11) is -3.05. The van der Waals surface area contributed by atoms with Crippen molar-refractivity contribution in [2.75, 3.05) is 135 Å². The van der Waals surface area contributed by atoms with Gasteiger partial charge in [0.2, 0.25) is 22.7 Å². The normalized spacial score (nSPS) is 11.2. The summed E-state index contributed by atoms with van der Waals surface area (Å²) >= 11 is 1.14. The van der Waals surface area contributed by atoms with Gasteiger partial charge in [0.1, 0.15) is 16.9 Å². The third-order valence-electron chi connectivity index (χ3n) is 8.80. The standard InChI is InChI=1S/C42H62N6O18S2/c1-30-39(47-42(67-30)46-31(2)49)48(68(56)57)12-7-36(50)43-9-3-13-58-17-21-62-22-18-59-14-4-10-45-40(54)34-27-32-5-6-33(28-35(32)66-41(34)55)65-29-37(51)44-11-16-61-20-24-64-26-25-63-23-19-60-15-8-38(52)53/h5-6,27-28,68H,3-4,7-26,29H2,1-2H3,(H,43,50)(H,44,51)(H,45,54)(H,52,53)(H,46,47,49). The van der Waals surface area contributed by atoms with E-state index in [1.165, 1.54) is 19.1 Å². The van der Waals surface area contributed by atoms with Crippen LogP contribution in [-0.2, 0) is 63.2 Å². The average Bonchev–Trinajstić information content (AvgIpc) is 3.65. The molecule has 4 amide bonds. The number of aromatic nitrogens is 1. The molecule has 68 heavy (non-hydrogen) atoms. The number of anilines is 2. The highest BCUT2D eigenvalue weighted by Gasteiger charge is 2.19. The van der Waals surface area contributed by atoms with Gasteiger partial charge in [-0.2, -0.15) is 0 Å². The third kappa shape index (κ3) is 24.6. The molecule has 3 aromatic rings. The van der Waals surface area contributed by atoms with Gasteiger partial charge in [0.05, 0.1) is 85.7 Å². The number of hydrogen-bond donors (Lipinski definition) is 6. The van der Waals surface area contributed by atoms with E-state index in [1.54, 1.807) is 19.1 Å². The van der Waals surface area contributed by atoms with E-state index in [1.807, 2.05) is 0 Å². The van der Waals surface area contributed by atoms with Crippen molar-refractivity contribution >= 4 is 73.7 Å². The maximum Gasteiger partial charge on any atom is 0.349 e. The number of amides is 4. The SMILES string of the molecule is CC(=O)Nc1nc(N(CCC(=O)NCCCOCCOCCOCCCNC(=O)c2cc3ccc(OCC(=O)NCCOCCOCCOCCOCCC(=O)O)cc3oc2=O)[SH](=O)=O)c(C)s1. The molecule has 0 bridgehead atoms. The average molecular weight is 1000 g/mol. The van der Waals surface area contributed by atoms with Crippen molar-refractivity contribution in [1.29, 1.82) is 0 Å². The summed E-state index contributed by atoms with van der Waals surface area (Å²) < 4.78 is 73.3. The first-order valence-corrected chi connectivity index (χ1v) is 23.7. The summed E-state index contributed by atoms with van der Waals surface area (Å²) in [5.74, 6) is -2.08. The van der Waals surface area contributed by atoms with E-state index in [0.29, 0.717) is 109 Å². The number of carbonyl (C=O) groups is 5. The van der Waals surface area contributed by atoms with Crippen molar-refractivity contribution in [2.45, 2.75) is 39.5 Å². The Balaban J connectivity index is 1.14. The molecule has 1 aromatic carbocycles. The van der Waals surface area contributed by atoms with Crippen LogP contribution in [0.15, 0.2) is 33.5 Å². The summed E-state index contributed by atoms with van der Waals surface area (Å²) in [5.41, 5.74) is -0.807. The maximum atomic E-state index is 12.7. The smallest absolute Gasteiger partial charge is 0.349 e. The van der Waals surface area contributed by atoms with Crippen molar-refractivity contribution in [3.05, 3.63) is 45.1 Å². The van der Waals surface area contributed by atoms with Crippen molar-refractivity contribution in [3.8, 4) is 5.75 Å². The molecule has 0 atom stereocenters. The van der Waals surface area contributed by atoms with E-state index in [2.05, 4.69) is 26.3 Å². The predicted octanol–water partition coefficient (Wildman–Crippen LogP) is 0.652. The molecule has 0 aliphatic heterocycles. The molecule has 24 nitrogen and oxygen atoms in total. The van der Waals surface area contributed by atoms with Crippen LogP contribution in [0.3, 0.4) is 0 Å². The quantitative estimate of drug-likeness (QED) is 0.0260. The number of ether oxygens (including phenoxy) is 8. The van der Waals surface area contributed by atoms with Gasteiger partial charge in [-0.3, -0.25) is 28.3 Å². The molecule has 5 N–H and O–H groups in total. The third-order valence-corrected chi connectivity index (χ3v) is 10.5. The highest BCUT2D eigenvalue weighted by atomic mass is 32.2. The van der Waals surface area contributed by atoms with Gasteiger partial charge in [-0.05, 0) is 38.0 Å². The van der Waals surface area contributed by atoms with Crippen molar-refractivity contribution in [3.63, 3.8) is 0 Å². The van der Waals surface area contributed by atoms with Gasteiger partial charge >= 0.3 is 11.6 Å². The highest BCUT2D eigenvalue weighted by Crippen LogP contribution is 2.29. The Kier molecular flexibility index (Phi) is 28.5. The molecule has 0 fully saturated rings. The minimum Gasteiger partial charge on any atom is -0.484 e. The molecule has 0 spiro atoms. The van der Waals surface area contributed by atoms with E-state index < -0.39 is 28.4 Å². The minimum absolute atomic E-state index is 0.0483. The Labute approximate surface area is 398 Å². The summed E-state index contributed by atoms with van der Waals surface area (Å²) in [5, 5.41) is 19.9. The number of carboxylic acid groups (broad SMARTS) is 1. The van der Waals surface area contributed by atoms with Crippen molar-refractivity contribution in [2.24, 2.45) is 0 Å². The second-order valence-corrected chi connectivity index (χ2v) is 16.4. The number of carboxylic acids is 1.